The highest BCUT2D eigenvalue weighted by atomic mass is 16.5. The first-order valence-corrected chi connectivity index (χ1v) is 9.55. The summed E-state index contributed by atoms with van der Waals surface area (Å²) in [7, 11) is 0. The van der Waals surface area contributed by atoms with E-state index >= 15 is 0 Å². The summed E-state index contributed by atoms with van der Waals surface area (Å²) < 4.78 is 5.65. The topological polar surface area (TPSA) is 66.4 Å². The van der Waals surface area contributed by atoms with E-state index in [-0.39, 0.29) is 11.3 Å². The van der Waals surface area contributed by atoms with Gasteiger partial charge in [-0.05, 0) is 75.2 Å². The molecule has 4 nitrogen and oxygen atoms in total. The van der Waals surface area contributed by atoms with Crippen molar-refractivity contribution in [2.24, 2.45) is 22.7 Å². The number of carboxylic acids is 1. The lowest BCUT2D eigenvalue weighted by Gasteiger charge is -2.61. The highest BCUT2D eigenvalue weighted by Gasteiger charge is 2.58. The molecule has 2 rings (SSSR count). The van der Waals surface area contributed by atoms with Gasteiger partial charge in [-0.2, -0.15) is 0 Å². The van der Waals surface area contributed by atoms with Gasteiger partial charge < -0.3 is 14.6 Å². The van der Waals surface area contributed by atoms with Crippen LogP contribution in [0, 0.1) is 22.7 Å². The Bertz CT molecular complexity index is 550. The molecule has 0 bridgehead atoms. The second kappa shape index (κ2) is 7.13. The van der Waals surface area contributed by atoms with Gasteiger partial charge in [-0.3, -0.25) is 4.79 Å². The number of ether oxygens (including phenoxy) is 1. The molecule has 2 aliphatic rings. The Morgan fingerprint density at radius 2 is 1.88 bits per heavy atom. The summed E-state index contributed by atoms with van der Waals surface area (Å²) in [5, 5.41) is 10.8. The molecule has 0 unspecified atom stereocenters. The van der Waals surface area contributed by atoms with Crippen LogP contribution < -0.4 is 5.11 Å². The van der Waals surface area contributed by atoms with Gasteiger partial charge in [0, 0.05) is 5.92 Å². The Balaban J connectivity index is 2.32. The lowest BCUT2D eigenvalue weighted by Crippen LogP contribution is -2.58. The summed E-state index contributed by atoms with van der Waals surface area (Å²) in [6.45, 7) is 11.6. The first-order chi connectivity index (χ1) is 11.5. The number of carboxylic acid groups (broad SMARTS) is 1. The maximum Gasteiger partial charge on any atom is 0.293 e. The second-order valence-corrected chi connectivity index (χ2v) is 9.37. The molecule has 0 radical (unpaired) electrons. The first-order valence-electron chi connectivity index (χ1n) is 9.55. The van der Waals surface area contributed by atoms with Gasteiger partial charge in [0.05, 0.1) is 5.97 Å². The van der Waals surface area contributed by atoms with Crippen molar-refractivity contribution in [3.05, 3.63) is 11.6 Å². The van der Waals surface area contributed by atoms with Gasteiger partial charge in [0.15, 0.2) is 0 Å². The molecule has 0 aromatic heterocycles. The predicted molar refractivity (Wildman–Crippen MR) is 95.5 cm³/mol. The minimum atomic E-state index is -1.14. The number of rotatable bonds is 6. The summed E-state index contributed by atoms with van der Waals surface area (Å²) in [5.41, 5.74) is 0.750. The molecular weight excluding hydrogens is 316 g/mol. The van der Waals surface area contributed by atoms with Crippen LogP contribution in [0.4, 0.5) is 0 Å². The van der Waals surface area contributed by atoms with E-state index in [4.69, 9.17) is 4.74 Å². The fourth-order valence-corrected chi connectivity index (χ4v) is 6.14. The maximum atomic E-state index is 11.2. The van der Waals surface area contributed by atoms with Gasteiger partial charge in [0.2, 0.25) is 0 Å². The van der Waals surface area contributed by atoms with Crippen molar-refractivity contribution in [2.75, 3.05) is 0 Å². The first kappa shape index (κ1) is 20.0. The maximum absolute atomic E-state index is 11.2. The molecule has 2 aliphatic carbocycles. The standard InChI is InChI=1S/C21H34O4/c1-15(13-18(23)24)7-8-17-20(4)11-6-10-19(2,3)16(20)9-12-21(17,5)25-14-22/h13-14,16-17H,6-12H2,1-5H3,(H,23,24)/p-1/b15-13+/t16-,17+,20-,21+/m0/s1. The van der Waals surface area contributed by atoms with Gasteiger partial charge >= 0.3 is 0 Å². The molecular formula is C21H33O4-. The highest BCUT2D eigenvalue weighted by Crippen LogP contribution is 2.63. The van der Waals surface area contributed by atoms with Gasteiger partial charge in [-0.25, -0.2) is 0 Å². The lowest BCUT2D eigenvalue weighted by molar-refractivity contribution is -0.297. The second-order valence-electron chi connectivity index (χ2n) is 9.37. The van der Waals surface area contributed by atoms with Gasteiger partial charge in [0.25, 0.3) is 6.47 Å². The van der Waals surface area contributed by atoms with Crippen LogP contribution in [-0.4, -0.2) is 18.0 Å². The van der Waals surface area contributed by atoms with E-state index in [0.29, 0.717) is 24.2 Å². The molecule has 25 heavy (non-hydrogen) atoms. The van der Waals surface area contributed by atoms with E-state index in [0.717, 1.165) is 31.3 Å². The Morgan fingerprint density at radius 1 is 1.20 bits per heavy atom. The third-order valence-electron chi connectivity index (χ3n) is 7.25. The number of allylic oxidation sites excluding steroid dienone is 1. The van der Waals surface area contributed by atoms with Crippen LogP contribution in [0.1, 0.15) is 79.6 Å². The van der Waals surface area contributed by atoms with Crippen molar-refractivity contribution in [1.29, 1.82) is 0 Å². The van der Waals surface area contributed by atoms with Crippen LogP contribution in [0.5, 0.6) is 0 Å². The van der Waals surface area contributed by atoms with E-state index in [1.165, 1.54) is 18.9 Å². The van der Waals surface area contributed by atoms with Crippen LogP contribution in [0.2, 0.25) is 0 Å². The minimum absolute atomic E-state index is 0.111. The number of carbonyl (C=O) groups excluding carboxylic acids is 2. The lowest BCUT2D eigenvalue weighted by atomic mass is 9.45. The molecule has 4 heteroatoms. The van der Waals surface area contributed by atoms with Crippen molar-refractivity contribution in [2.45, 2.75) is 85.2 Å². The van der Waals surface area contributed by atoms with Crippen LogP contribution in [0.25, 0.3) is 0 Å². The quantitative estimate of drug-likeness (QED) is 0.542. The van der Waals surface area contributed by atoms with E-state index in [9.17, 15) is 14.7 Å². The Hall–Kier alpha value is -1.32. The molecule has 0 N–H and O–H groups in total. The van der Waals surface area contributed by atoms with E-state index in [1.54, 1.807) is 0 Å². The van der Waals surface area contributed by atoms with Crippen LogP contribution in [0.3, 0.4) is 0 Å². The average Bonchev–Trinajstić information content (AvgIpc) is 2.44. The molecule has 0 amide bonds. The largest absolute Gasteiger partial charge is 0.545 e. The summed E-state index contributed by atoms with van der Waals surface area (Å²) in [6, 6.07) is 0. The zero-order chi connectivity index (χ0) is 18.9. The van der Waals surface area contributed by atoms with Crippen LogP contribution in [0.15, 0.2) is 11.6 Å². The summed E-state index contributed by atoms with van der Waals surface area (Å²) in [4.78, 5) is 22.0. The van der Waals surface area contributed by atoms with Crippen molar-refractivity contribution < 1.29 is 19.4 Å². The SMILES string of the molecule is C/C(=C\C(=O)[O-])CC[C@@H]1[C@@]2(C)CCCC(C)(C)[C@@H]2CC[C@@]1(C)OC=O. The van der Waals surface area contributed by atoms with Crippen molar-refractivity contribution in [3.8, 4) is 0 Å². The predicted octanol–water partition coefficient (Wildman–Crippen LogP) is 3.64. The number of hydrogen-bond acceptors (Lipinski definition) is 4. The molecule has 2 fully saturated rings. The molecule has 0 heterocycles. The third-order valence-corrected chi connectivity index (χ3v) is 7.25. The highest BCUT2D eigenvalue weighted by molar-refractivity contribution is 5.78. The number of hydrogen-bond donors (Lipinski definition) is 0. The van der Waals surface area contributed by atoms with E-state index < -0.39 is 11.6 Å². The normalized spacial score (nSPS) is 37.9. The zero-order valence-electron chi connectivity index (χ0n) is 16.4. The van der Waals surface area contributed by atoms with Crippen molar-refractivity contribution in [3.63, 3.8) is 0 Å². The zero-order valence-corrected chi connectivity index (χ0v) is 16.4. The Labute approximate surface area is 152 Å². The third kappa shape index (κ3) is 3.93. The molecule has 4 atom stereocenters. The van der Waals surface area contributed by atoms with Crippen molar-refractivity contribution >= 4 is 12.4 Å². The average molecular weight is 349 g/mol. The van der Waals surface area contributed by atoms with Gasteiger partial charge in [-0.15, -0.1) is 0 Å². The monoisotopic (exact) mass is 349 g/mol. The molecule has 0 aliphatic heterocycles. The number of carbonyl (C=O) groups is 2. The smallest absolute Gasteiger partial charge is 0.293 e. The Kier molecular flexibility index (Phi) is 5.70. The minimum Gasteiger partial charge on any atom is -0.545 e. The van der Waals surface area contributed by atoms with Crippen LogP contribution >= 0.6 is 0 Å². The fourth-order valence-electron chi connectivity index (χ4n) is 6.14. The molecule has 0 spiro atoms. The molecule has 0 aromatic carbocycles. The molecule has 142 valence electrons. The fraction of sp³-hybridized carbons (Fsp3) is 0.810. The number of aliphatic carboxylic acids is 1. The number of fused-ring (bicyclic) bond motifs is 1. The summed E-state index contributed by atoms with van der Waals surface area (Å²) >= 11 is 0. The summed E-state index contributed by atoms with van der Waals surface area (Å²) in [5.74, 6) is -0.308. The molecule has 0 saturated heterocycles. The van der Waals surface area contributed by atoms with Gasteiger partial charge in [0.1, 0.15) is 5.60 Å². The Morgan fingerprint density at radius 3 is 2.48 bits per heavy atom. The summed E-state index contributed by atoms with van der Waals surface area (Å²) in [6.07, 6.45) is 8.26. The molecule has 2 saturated carbocycles. The van der Waals surface area contributed by atoms with E-state index in [2.05, 4.69) is 27.7 Å². The van der Waals surface area contributed by atoms with Crippen molar-refractivity contribution in [1.82, 2.24) is 0 Å². The van der Waals surface area contributed by atoms with Gasteiger partial charge in [-0.1, -0.05) is 32.8 Å². The van der Waals surface area contributed by atoms with E-state index in [1.807, 2.05) is 6.92 Å². The molecule has 0 aromatic rings. The van der Waals surface area contributed by atoms with Crippen LogP contribution in [-0.2, 0) is 14.3 Å².